The number of nitrogen functional groups attached to an aromatic ring is 1. The minimum absolute atomic E-state index is 0.446. The molecule has 108 valence electrons. The normalized spacial score (nSPS) is 11.1. The summed E-state index contributed by atoms with van der Waals surface area (Å²) in [5, 5.41) is 5.44. The Labute approximate surface area is 122 Å². The molecule has 2 heterocycles. The molecule has 2 N–H and O–H groups in total. The minimum atomic E-state index is 0.446. The summed E-state index contributed by atoms with van der Waals surface area (Å²) in [6, 6.07) is 9.92. The van der Waals surface area contributed by atoms with Crippen molar-refractivity contribution in [1.29, 1.82) is 0 Å². The van der Waals surface area contributed by atoms with E-state index < -0.39 is 0 Å². The van der Waals surface area contributed by atoms with Gasteiger partial charge in [-0.2, -0.15) is 5.10 Å². The standard InChI is InChI=1S/C15H17N5O/c1-2-21-9-8-20-15-12(14(16)17-10-18-15)13(19-20)11-6-4-3-5-7-11/h3-7,10H,2,8-9H2,1H3,(H2,16,17,18). The van der Waals surface area contributed by atoms with E-state index in [0.717, 1.165) is 22.3 Å². The lowest BCUT2D eigenvalue weighted by molar-refractivity contribution is 0.137. The first-order chi connectivity index (χ1) is 10.3. The fourth-order valence-corrected chi connectivity index (χ4v) is 2.28. The molecule has 0 aliphatic heterocycles. The Morgan fingerprint density at radius 3 is 2.76 bits per heavy atom. The van der Waals surface area contributed by atoms with Gasteiger partial charge in [0.1, 0.15) is 17.8 Å². The summed E-state index contributed by atoms with van der Waals surface area (Å²) >= 11 is 0. The zero-order valence-electron chi connectivity index (χ0n) is 11.9. The van der Waals surface area contributed by atoms with Crippen LogP contribution in [0, 0.1) is 0 Å². The largest absolute Gasteiger partial charge is 0.383 e. The number of rotatable bonds is 5. The van der Waals surface area contributed by atoms with Gasteiger partial charge >= 0.3 is 0 Å². The second-order valence-electron chi connectivity index (χ2n) is 4.59. The molecule has 3 rings (SSSR count). The third-order valence-corrected chi connectivity index (χ3v) is 3.26. The smallest absolute Gasteiger partial charge is 0.164 e. The molecular weight excluding hydrogens is 266 g/mol. The number of anilines is 1. The van der Waals surface area contributed by atoms with E-state index in [1.165, 1.54) is 6.33 Å². The fourth-order valence-electron chi connectivity index (χ4n) is 2.28. The number of fused-ring (bicyclic) bond motifs is 1. The van der Waals surface area contributed by atoms with Gasteiger partial charge in [-0.15, -0.1) is 0 Å². The molecular formula is C15H17N5O. The number of hydrogen-bond acceptors (Lipinski definition) is 5. The first-order valence-corrected chi connectivity index (χ1v) is 6.91. The molecule has 0 radical (unpaired) electrons. The Balaban J connectivity index is 2.12. The number of aromatic nitrogens is 4. The lowest BCUT2D eigenvalue weighted by Gasteiger charge is -2.02. The number of nitrogens with two attached hydrogens (primary N) is 1. The van der Waals surface area contributed by atoms with E-state index in [9.17, 15) is 0 Å². The Hall–Kier alpha value is -2.47. The average molecular weight is 283 g/mol. The SMILES string of the molecule is CCOCCn1nc(-c2ccccc2)c2c(N)ncnc21. The highest BCUT2D eigenvalue weighted by Gasteiger charge is 2.16. The Morgan fingerprint density at radius 1 is 1.19 bits per heavy atom. The summed E-state index contributed by atoms with van der Waals surface area (Å²) in [6.07, 6.45) is 1.46. The van der Waals surface area contributed by atoms with Crippen LogP contribution in [0.3, 0.4) is 0 Å². The van der Waals surface area contributed by atoms with E-state index in [1.54, 1.807) is 0 Å². The number of nitrogens with zero attached hydrogens (tertiary/aromatic N) is 4. The van der Waals surface area contributed by atoms with Crippen LogP contribution in [-0.2, 0) is 11.3 Å². The van der Waals surface area contributed by atoms with E-state index in [1.807, 2.05) is 41.9 Å². The topological polar surface area (TPSA) is 78.9 Å². The quantitative estimate of drug-likeness (QED) is 0.725. The predicted molar refractivity (Wildman–Crippen MR) is 81.7 cm³/mol. The van der Waals surface area contributed by atoms with Crippen LogP contribution in [0.25, 0.3) is 22.3 Å². The van der Waals surface area contributed by atoms with Gasteiger partial charge in [-0.25, -0.2) is 14.6 Å². The fraction of sp³-hybridized carbons (Fsp3) is 0.267. The molecule has 0 bridgehead atoms. The zero-order valence-corrected chi connectivity index (χ0v) is 11.9. The van der Waals surface area contributed by atoms with Gasteiger partial charge in [0.2, 0.25) is 0 Å². The molecule has 0 spiro atoms. The lowest BCUT2D eigenvalue weighted by atomic mass is 10.1. The van der Waals surface area contributed by atoms with Crippen LogP contribution in [0.5, 0.6) is 0 Å². The first kappa shape index (κ1) is 13.5. The number of benzene rings is 1. The van der Waals surface area contributed by atoms with Gasteiger partial charge in [0.25, 0.3) is 0 Å². The minimum Gasteiger partial charge on any atom is -0.383 e. The third kappa shape index (κ3) is 2.57. The summed E-state index contributed by atoms with van der Waals surface area (Å²) in [7, 11) is 0. The van der Waals surface area contributed by atoms with E-state index in [2.05, 4.69) is 15.1 Å². The monoisotopic (exact) mass is 283 g/mol. The Bertz CT molecular complexity index is 738. The molecule has 0 fully saturated rings. The van der Waals surface area contributed by atoms with Crippen LogP contribution in [0.15, 0.2) is 36.7 Å². The van der Waals surface area contributed by atoms with Crippen LogP contribution >= 0.6 is 0 Å². The van der Waals surface area contributed by atoms with Crippen LogP contribution < -0.4 is 5.73 Å². The van der Waals surface area contributed by atoms with Crippen molar-refractivity contribution in [1.82, 2.24) is 19.7 Å². The van der Waals surface area contributed by atoms with E-state index in [0.29, 0.717) is 25.6 Å². The van der Waals surface area contributed by atoms with Gasteiger partial charge < -0.3 is 10.5 Å². The van der Waals surface area contributed by atoms with Crippen molar-refractivity contribution in [3.63, 3.8) is 0 Å². The predicted octanol–water partition coefficient (Wildman–Crippen LogP) is 2.11. The van der Waals surface area contributed by atoms with E-state index in [4.69, 9.17) is 10.5 Å². The van der Waals surface area contributed by atoms with Crippen molar-refractivity contribution in [3.8, 4) is 11.3 Å². The van der Waals surface area contributed by atoms with Crippen molar-refractivity contribution in [3.05, 3.63) is 36.7 Å². The summed E-state index contributed by atoms with van der Waals surface area (Å²) in [6.45, 7) is 3.87. The molecule has 6 nitrogen and oxygen atoms in total. The first-order valence-electron chi connectivity index (χ1n) is 6.91. The summed E-state index contributed by atoms with van der Waals surface area (Å²) in [5.41, 5.74) is 8.57. The molecule has 2 aromatic heterocycles. The second kappa shape index (κ2) is 5.88. The maximum absolute atomic E-state index is 6.03. The van der Waals surface area contributed by atoms with Crippen LogP contribution in [-0.4, -0.2) is 33.0 Å². The van der Waals surface area contributed by atoms with Gasteiger partial charge in [0.15, 0.2) is 5.65 Å². The third-order valence-electron chi connectivity index (χ3n) is 3.26. The molecule has 0 saturated heterocycles. The molecule has 3 aromatic rings. The van der Waals surface area contributed by atoms with Crippen molar-refractivity contribution in [2.24, 2.45) is 0 Å². The molecule has 0 amide bonds. The van der Waals surface area contributed by atoms with Gasteiger partial charge in [0.05, 0.1) is 18.5 Å². The van der Waals surface area contributed by atoms with Crippen LogP contribution in [0.2, 0.25) is 0 Å². The summed E-state index contributed by atoms with van der Waals surface area (Å²) in [4.78, 5) is 8.41. The highest BCUT2D eigenvalue weighted by molar-refractivity contribution is 5.98. The second-order valence-corrected chi connectivity index (χ2v) is 4.59. The average Bonchev–Trinajstić information content (AvgIpc) is 2.89. The maximum Gasteiger partial charge on any atom is 0.164 e. The Kier molecular flexibility index (Phi) is 3.79. The molecule has 0 aliphatic carbocycles. The number of ether oxygens (including phenoxy) is 1. The van der Waals surface area contributed by atoms with Crippen LogP contribution in [0.1, 0.15) is 6.92 Å². The van der Waals surface area contributed by atoms with Crippen molar-refractivity contribution < 1.29 is 4.74 Å². The van der Waals surface area contributed by atoms with E-state index >= 15 is 0 Å². The molecule has 21 heavy (non-hydrogen) atoms. The molecule has 0 saturated carbocycles. The molecule has 0 aliphatic rings. The zero-order chi connectivity index (χ0) is 14.7. The van der Waals surface area contributed by atoms with Gasteiger partial charge in [-0.1, -0.05) is 30.3 Å². The lowest BCUT2D eigenvalue weighted by Crippen LogP contribution is -2.08. The summed E-state index contributed by atoms with van der Waals surface area (Å²) < 4.78 is 7.22. The maximum atomic E-state index is 6.03. The molecule has 0 atom stereocenters. The Morgan fingerprint density at radius 2 is 2.00 bits per heavy atom. The number of hydrogen-bond donors (Lipinski definition) is 1. The van der Waals surface area contributed by atoms with Gasteiger partial charge in [-0.05, 0) is 6.92 Å². The van der Waals surface area contributed by atoms with Crippen molar-refractivity contribution in [2.45, 2.75) is 13.5 Å². The molecule has 6 heteroatoms. The van der Waals surface area contributed by atoms with Crippen LogP contribution in [0.4, 0.5) is 5.82 Å². The van der Waals surface area contributed by atoms with Gasteiger partial charge in [0, 0.05) is 12.2 Å². The summed E-state index contributed by atoms with van der Waals surface area (Å²) in [5.74, 6) is 0.446. The molecule has 0 unspecified atom stereocenters. The highest BCUT2D eigenvalue weighted by Crippen LogP contribution is 2.29. The van der Waals surface area contributed by atoms with Crippen molar-refractivity contribution >= 4 is 16.9 Å². The van der Waals surface area contributed by atoms with Gasteiger partial charge in [-0.3, -0.25) is 0 Å². The molecule has 1 aromatic carbocycles. The van der Waals surface area contributed by atoms with E-state index in [-0.39, 0.29) is 0 Å². The highest BCUT2D eigenvalue weighted by atomic mass is 16.5. The van der Waals surface area contributed by atoms with Crippen molar-refractivity contribution in [2.75, 3.05) is 18.9 Å².